The molecule has 0 amide bonds. The molecule has 1 nitrogen and oxygen atoms in total. The van der Waals surface area contributed by atoms with Gasteiger partial charge in [0, 0.05) is 0 Å². The largest absolute Gasteiger partial charge is 0.490 e. The Morgan fingerprint density at radius 2 is 1.78 bits per heavy atom. The number of aryl methyl sites for hydroxylation is 2. The van der Waals surface area contributed by atoms with Gasteiger partial charge in [-0.1, -0.05) is 46.5 Å². The first kappa shape index (κ1) is 20.6. The van der Waals surface area contributed by atoms with Gasteiger partial charge in [0.25, 0.3) is 0 Å². The lowest BCUT2D eigenvalue weighted by Crippen LogP contribution is -2.19. The van der Waals surface area contributed by atoms with E-state index >= 15 is 0 Å². The average Bonchev–Trinajstić information content (AvgIpc) is 2.68. The maximum atomic E-state index is 14.4. The van der Waals surface area contributed by atoms with E-state index in [1.807, 2.05) is 6.07 Å². The second-order valence-electron chi connectivity index (χ2n) is 9.32. The molecule has 152 valence electrons. The summed E-state index contributed by atoms with van der Waals surface area (Å²) >= 11 is 0. The molecule has 27 heavy (non-hydrogen) atoms. The Hall–Kier alpha value is -1.12. The van der Waals surface area contributed by atoms with Gasteiger partial charge in [0.1, 0.15) is 0 Å². The fourth-order valence-corrected chi connectivity index (χ4v) is 4.87. The Morgan fingerprint density at radius 3 is 2.52 bits per heavy atom. The SMILES string of the molecule is CC(CCc1cc2c(c(F)c1F)OCCC2)CCC(C)C1CCC(C)CC1. The van der Waals surface area contributed by atoms with Gasteiger partial charge in [-0.25, -0.2) is 4.39 Å². The summed E-state index contributed by atoms with van der Waals surface area (Å²) in [5.41, 5.74) is 1.36. The van der Waals surface area contributed by atoms with Crippen LogP contribution in [0.1, 0.15) is 83.3 Å². The van der Waals surface area contributed by atoms with Crippen LogP contribution in [-0.2, 0) is 12.8 Å². The van der Waals surface area contributed by atoms with E-state index in [0.29, 0.717) is 24.5 Å². The fourth-order valence-electron chi connectivity index (χ4n) is 4.87. The van der Waals surface area contributed by atoms with E-state index in [2.05, 4.69) is 20.8 Å². The monoisotopic (exact) mass is 378 g/mol. The zero-order valence-electron chi connectivity index (χ0n) is 17.3. The van der Waals surface area contributed by atoms with E-state index in [1.165, 1.54) is 38.5 Å². The molecule has 3 rings (SSSR count). The molecule has 2 aliphatic rings. The molecule has 1 aliphatic carbocycles. The molecular weight excluding hydrogens is 342 g/mol. The second kappa shape index (κ2) is 9.39. The molecular formula is C24H36F2O. The zero-order valence-corrected chi connectivity index (χ0v) is 17.3. The molecule has 0 aromatic heterocycles. The van der Waals surface area contributed by atoms with Crippen molar-refractivity contribution in [1.82, 2.24) is 0 Å². The van der Waals surface area contributed by atoms with E-state index in [1.54, 1.807) is 0 Å². The van der Waals surface area contributed by atoms with Crippen LogP contribution in [0.4, 0.5) is 8.78 Å². The van der Waals surface area contributed by atoms with Gasteiger partial charge in [-0.3, -0.25) is 0 Å². The van der Waals surface area contributed by atoms with Crippen molar-refractivity contribution in [3.05, 3.63) is 28.8 Å². The number of fused-ring (bicyclic) bond motifs is 1. The predicted molar refractivity (Wildman–Crippen MR) is 107 cm³/mol. The Balaban J connectivity index is 1.48. The third-order valence-electron chi connectivity index (χ3n) is 7.04. The van der Waals surface area contributed by atoms with Crippen LogP contribution < -0.4 is 4.74 Å². The molecule has 1 fully saturated rings. The minimum Gasteiger partial charge on any atom is -0.490 e. The minimum absolute atomic E-state index is 0.145. The van der Waals surface area contributed by atoms with Crippen LogP contribution in [0.15, 0.2) is 6.07 Å². The van der Waals surface area contributed by atoms with E-state index in [0.717, 1.165) is 42.6 Å². The highest BCUT2D eigenvalue weighted by molar-refractivity contribution is 5.41. The molecule has 1 aliphatic heterocycles. The molecule has 1 aromatic carbocycles. The van der Waals surface area contributed by atoms with Crippen molar-refractivity contribution in [2.75, 3.05) is 6.61 Å². The molecule has 2 atom stereocenters. The van der Waals surface area contributed by atoms with E-state index in [-0.39, 0.29) is 5.75 Å². The van der Waals surface area contributed by atoms with Crippen LogP contribution in [0.25, 0.3) is 0 Å². The lowest BCUT2D eigenvalue weighted by atomic mass is 9.75. The fraction of sp³-hybridized carbons (Fsp3) is 0.750. The van der Waals surface area contributed by atoms with Gasteiger partial charge in [0.05, 0.1) is 6.61 Å². The highest BCUT2D eigenvalue weighted by Gasteiger charge is 2.24. The van der Waals surface area contributed by atoms with Crippen LogP contribution >= 0.6 is 0 Å². The van der Waals surface area contributed by atoms with Crippen molar-refractivity contribution in [1.29, 1.82) is 0 Å². The summed E-state index contributed by atoms with van der Waals surface area (Å²) < 4.78 is 34.0. The Kier molecular flexibility index (Phi) is 7.16. The quantitative estimate of drug-likeness (QED) is 0.491. The molecule has 1 heterocycles. The van der Waals surface area contributed by atoms with Crippen LogP contribution in [0, 0.1) is 35.3 Å². The molecule has 0 spiro atoms. The van der Waals surface area contributed by atoms with Crippen molar-refractivity contribution in [3.8, 4) is 5.75 Å². The van der Waals surface area contributed by atoms with Gasteiger partial charge in [-0.15, -0.1) is 0 Å². The molecule has 1 aromatic rings. The summed E-state index contributed by atoms with van der Waals surface area (Å²) in [7, 11) is 0. The lowest BCUT2D eigenvalue weighted by Gasteiger charge is -2.31. The van der Waals surface area contributed by atoms with Crippen LogP contribution in [0.2, 0.25) is 0 Å². The maximum Gasteiger partial charge on any atom is 0.201 e. The molecule has 1 saturated carbocycles. The summed E-state index contributed by atoms with van der Waals surface area (Å²) in [6.07, 6.45) is 11.2. The van der Waals surface area contributed by atoms with Crippen molar-refractivity contribution in [3.63, 3.8) is 0 Å². The normalized spacial score (nSPS) is 24.8. The number of benzene rings is 1. The van der Waals surface area contributed by atoms with Crippen LogP contribution in [0.3, 0.4) is 0 Å². The van der Waals surface area contributed by atoms with E-state index in [9.17, 15) is 8.78 Å². The standard InChI is InChI=1S/C24H36F2O/c1-16(6-10-18(3)19-11-7-17(2)8-12-19)9-13-20-15-21-5-4-14-27-24(21)23(26)22(20)25/h15-19H,4-14H2,1-3H3. The summed E-state index contributed by atoms with van der Waals surface area (Å²) in [6.45, 7) is 7.52. The molecule has 0 bridgehead atoms. The highest BCUT2D eigenvalue weighted by Crippen LogP contribution is 2.36. The molecule has 3 heteroatoms. The smallest absolute Gasteiger partial charge is 0.201 e. The molecule has 0 N–H and O–H groups in total. The van der Waals surface area contributed by atoms with Crippen molar-refractivity contribution in [2.24, 2.45) is 23.7 Å². The number of ether oxygens (including phenoxy) is 1. The first-order chi connectivity index (χ1) is 13.0. The highest BCUT2D eigenvalue weighted by atomic mass is 19.2. The summed E-state index contributed by atoms with van der Waals surface area (Å²) in [5, 5.41) is 0. The summed E-state index contributed by atoms with van der Waals surface area (Å²) in [6, 6.07) is 1.84. The minimum atomic E-state index is -0.782. The van der Waals surface area contributed by atoms with Crippen molar-refractivity contribution in [2.45, 2.75) is 85.0 Å². The van der Waals surface area contributed by atoms with Crippen molar-refractivity contribution < 1.29 is 13.5 Å². The van der Waals surface area contributed by atoms with Gasteiger partial charge >= 0.3 is 0 Å². The maximum absolute atomic E-state index is 14.4. The molecule has 0 saturated heterocycles. The summed E-state index contributed by atoms with van der Waals surface area (Å²) in [4.78, 5) is 0. The lowest BCUT2D eigenvalue weighted by molar-refractivity contribution is 0.207. The number of hydrogen-bond donors (Lipinski definition) is 0. The zero-order chi connectivity index (χ0) is 19.4. The van der Waals surface area contributed by atoms with Gasteiger partial charge in [0.2, 0.25) is 5.82 Å². The average molecular weight is 379 g/mol. The van der Waals surface area contributed by atoms with E-state index in [4.69, 9.17) is 4.74 Å². The number of halogens is 2. The van der Waals surface area contributed by atoms with Gasteiger partial charge in [-0.2, -0.15) is 4.39 Å². The predicted octanol–water partition coefficient (Wildman–Crippen LogP) is 7.10. The third kappa shape index (κ3) is 5.23. The Morgan fingerprint density at radius 1 is 1.04 bits per heavy atom. The number of hydrogen-bond acceptors (Lipinski definition) is 1. The second-order valence-corrected chi connectivity index (χ2v) is 9.32. The van der Waals surface area contributed by atoms with Crippen LogP contribution in [0.5, 0.6) is 5.75 Å². The molecule has 2 unspecified atom stereocenters. The van der Waals surface area contributed by atoms with E-state index < -0.39 is 11.6 Å². The first-order valence-corrected chi connectivity index (χ1v) is 11.1. The Labute approximate surface area is 163 Å². The summed E-state index contributed by atoms with van der Waals surface area (Å²) in [5.74, 6) is 1.79. The van der Waals surface area contributed by atoms with Gasteiger partial charge in [-0.05, 0) is 79.4 Å². The molecule has 0 radical (unpaired) electrons. The number of rotatable bonds is 7. The first-order valence-electron chi connectivity index (χ1n) is 11.1. The third-order valence-corrected chi connectivity index (χ3v) is 7.04. The van der Waals surface area contributed by atoms with Crippen molar-refractivity contribution >= 4 is 0 Å². The Bertz CT molecular complexity index is 619. The topological polar surface area (TPSA) is 9.23 Å². The van der Waals surface area contributed by atoms with Crippen LogP contribution in [-0.4, -0.2) is 6.61 Å². The van der Waals surface area contributed by atoms with Gasteiger partial charge in [0.15, 0.2) is 11.6 Å². The van der Waals surface area contributed by atoms with Gasteiger partial charge < -0.3 is 4.74 Å².